The standard InChI is InChI=1S/C19H17ClN4OS/c1-13-7-9-14(10-8-13)12-21-19(26)24-18-22-16(20)11-17(23-18)25-15-5-3-2-4-6-15/h2-11H,12H2,1H3,(H2,21,22,23,24,26). The Labute approximate surface area is 162 Å². The van der Waals surface area contributed by atoms with Crippen molar-refractivity contribution in [3.63, 3.8) is 0 Å². The highest BCUT2D eigenvalue weighted by Gasteiger charge is 2.07. The van der Waals surface area contributed by atoms with Crippen LogP contribution in [-0.2, 0) is 6.54 Å². The van der Waals surface area contributed by atoms with Crippen LogP contribution in [0, 0.1) is 6.92 Å². The summed E-state index contributed by atoms with van der Waals surface area (Å²) in [5.41, 5.74) is 2.34. The Kier molecular flexibility index (Phi) is 5.99. The highest BCUT2D eigenvalue weighted by molar-refractivity contribution is 7.80. The fourth-order valence-corrected chi connectivity index (χ4v) is 2.49. The number of aromatic nitrogens is 2. The van der Waals surface area contributed by atoms with Crippen LogP contribution in [0.15, 0.2) is 60.7 Å². The summed E-state index contributed by atoms with van der Waals surface area (Å²) in [6.07, 6.45) is 0. The maximum Gasteiger partial charge on any atom is 0.233 e. The van der Waals surface area contributed by atoms with Gasteiger partial charge in [-0.1, -0.05) is 59.6 Å². The molecule has 0 amide bonds. The number of benzene rings is 2. The lowest BCUT2D eigenvalue weighted by molar-refractivity contribution is 0.462. The summed E-state index contributed by atoms with van der Waals surface area (Å²) < 4.78 is 5.68. The zero-order valence-electron chi connectivity index (χ0n) is 14.1. The minimum absolute atomic E-state index is 0.259. The minimum atomic E-state index is 0.259. The van der Waals surface area contributed by atoms with Crippen molar-refractivity contribution in [1.29, 1.82) is 0 Å². The second kappa shape index (κ2) is 8.60. The fourth-order valence-electron chi connectivity index (χ4n) is 2.15. The molecule has 0 unspecified atom stereocenters. The van der Waals surface area contributed by atoms with Gasteiger partial charge in [-0.2, -0.15) is 4.98 Å². The Morgan fingerprint density at radius 1 is 1.08 bits per heavy atom. The molecule has 0 spiro atoms. The lowest BCUT2D eigenvalue weighted by Crippen LogP contribution is -2.28. The first kappa shape index (κ1) is 18.1. The topological polar surface area (TPSA) is 59.1 Å². The summed E-state index contributed by atoms with van der Waals surface area (Å²) in [5, 5.41) is 6.70. The van der Waals surface area contributed by atoms with Gasteiger partial charge in [0.05, 0.1) is 0 Å². The van der Waals surface area contributed by atoms with E-state index in [0.717, 1.165) is 5.56 Å². The fraction of sp³-hybridized carbons (Fsp3) is 0.105. The van der Waals surface area contributed by atoms with Crippen molar-refractivity contribution in [2.45, 2.75) is 13.5 Å². The molecule has 0 aliphatic carbocycles. The number of nitrogens with zero attached hydrogens (tertiary/aromatic N) is 2. The Hall–Kier alpha value is -2.70. The van der Waals surface area contributed by atoms with Gasteiger partial charge in [0.15, 0.2) is 5.11 Å². The highest BCUT2D eigenvalue weighted by Crippen LogP contribution is 2.22. The zero-order valence-corrected chi connectivity index (χ0v) is 15.6. The summed E-state index contributed by atoms with van der Waals surface area (Å²) >= 11 is 11.3. The molecule has 132 valence electrons. The SMILES string of the molecule is Cc1ccc(CNC(=S)Nc2nc(Cl)cc(Oc3ccccc3)n2)cc1. The van der Waals surface area contributed by atoms with Gasteiger partial charge >= 0.3 is 0 Å². The first-order valence-electron chi connectivity index (χ1n) is 7.96. The smallest absolute Gasteiger partial charge is 0.233 e. The van der Waals surface area contributed by atoms with Gasteiger partial charge in [0.25, 0.3) is 0 Å². The molecule has 7 heteroatoms. The van der Waals surface area contributed by atoms with Gasteiger partial charge in [-0.15, -0.1) is 0 Å². The van der Waals surface area contributed by atoms with E-state index in [9.17, 15) is 0 Å². The average molecular weight is 385 g/mol. The number of halogens is 1. The first-order valence-corrected chi connectivity index (χ1v) is 8.75. The summed E-state index contributed by atoms with van der Waals surface area (Å²) in [6.45, 7) is 2.65. The number of hydrogen-bond donors (Lipinski definition) is 2. The van der Waals surface area contributed by atoms with Gasteiger partial charge in [0.2, 0.25) is 11.8 Å². The molecule has 3 rings (SSSR count). The molecule has 1 heterocycles. The molecule has 0 radical (unpaired) electrons. The van der Waals surface area contributed by atoms with E-state index in [1.807, 2.05) is 42.5 Å². The monoisotopic (exact) mass is 384 g/mol. The molecule has 5 nitrogen and oxygen atoms in total. The summed E-state index contributed by atoms with van der Waals surface area (Å²) in [7, 11) is 0. The van der Waals surface area contributed by atoms with Crippen molar-refractivity contribution in [3.8, 4) is 11.6 Å². The maximum absolute atomic E-state index is 6.05. The molecular weight excluding hydrogens is 368 g/mol. The lowest BCUT2D eigenvalue weighted by Gasteiger charge is -2.11. The third-order valence-electron chi connectivity index (χ3n) is 3.44. The van der Waals surface area contributed by atoms with Crippen LogP contribution in [0.5, 0.6) is 11.6 Å². The Balaban J connectivity index is 1.61. The van der Waals surface area contributed by atoms with Crippen LogP contribution in [0.3, 0.4) is 0 Å². The number of thiocarbonyl (C=S) groups is 1. The number of anilines is 1. The van der Waals surface area contributed by atoms with Crippen molar-refractivity contribution >= 4 is 34.9 Å². The Morgan fingerprint density at radius 3 is 2.54 bits per heavy atom. The van der Waals surface area contributed by atoms with E-state index in [-0.39, 0.29) is 11.1 Å². The quantitative estimate of drug-likeness (QED) is 0.490. The summed E-state index contributed by atoms with van der Waals surface area (Å²) in [4.78, 5) is 8.40. The molecule has 0 saturated heterocycles. The molecule has 0 bridgehead atoms. The first-order chi connectivity index (χ1) is 12.6. The molecule has 0 saturated carbocycles. The zero-order chi connectivity index (χ0) is 18.4. The summed E-state index contributed by atoms with van der Waals surface area (Å²) in [5.74, 6) is 1.26. The van der Waals surface area contributed by atoms with Crippen LogP contribution < -0.4 is 15.4 Å². The number of rotatable bonds is 5. The molecular formula is C19H17ClN4OS. The second-order valence-electron chi connectivity index (χ2n) is 5.56. The molecule has 2 N–H and O–H groups in total. The molecule has 1 aromatic heterocycles. The van der Waals surface area contributed by atoms with Crippen LogP contribution in [0.2, 0.25) is 5.15 Å². The number of ether oxygens (including phenoxy) is 1. The van der Waals surface area contributed by atoms with Crippen LogP contribution in [-0.4, -0.2) is 15.1 Å². The number of para-hydroxylation sites is 1. The maximum atomic E-state index is 6.05. The van der Waals surface area contributed by atoms with Gasteiger partial charge in [0.1, 0.15) is 10.9 Å². The van der Waals surface area contributed by atoms with Crippen LogP contribution in [0.25, 0.3) is 0 Å². The molecule has 26 heavy (non-hydrogen) atoms. The molecule has 0 aliphatic heterocycles. The van der Waals surface area contributed by atoms with Gasteiger partial charge in [-0.3, -0.25) is 0 Å². The normalized spacial score (nSPS) is 10.2. The van der Waals surface area contributed by atoms with E-state index in [1.54, 1.807) is 6.07 Å². The molecule has 3 aromatic rings. The molecule has 0 atom stereocenters. The highest BCUT2D eigenvalue weighted by atomic mass is 35.5. The van der Waals surface area contributed by atoms with E-state index in [4.69, 9.17) is 28.6 Å². The number of aryl methyl sites for hydroxylation is 1. The van der Waals surface area contributed by atoms with Crippen molar-refractivity contribution in [2.75, 3.05) is 5.32 Å². The van der Waals surface area contributed by atoms with Gasteiger partial charge in [-0.25, -0.2) is 4.98 Å². The minimum Gasteiger partial charge on any atom is -0.439 e. The van der Waals surface area contributed by atoms with E-state index >= 15 is 0 Å². The van der Waals surface area contributed by atoms with Crippen molar-refractivity contribution < 1.29 is 4.74 Å². The largest absolute Gasteiger partial charge is 0.439 e. The Bertz CT molecular complexity index is 888. The summed E-state index contributed by atoms with van der Waals surface area (Å²) in [6, 6.07) is 19.1. The van der Waals surface area contributed by atoms with Crippen molar-refractivity contribution in [1.82, 2.24) is 15.3 Å². The predicted octanol–water partition coefficient (Wildman–Crippen LogP) is 4.72. The lowest BCUT2D eigenvalue weighted by atomic mass is 10.1. The van der Waals surface area contributed by atoms with Gasteiger partial charge in [-0.05, 0) is 36.8 Å². The molecule has 2 aromatic carbocycles. The van der Waals surface area contributed by atoms with Crippen molar-refractivity contribution in [2.24, 2.45) is 0 Å². The van der Waals surface area contributed by atoms with Crippen LogP contribution in [0.4, 0.5) is 5.95 Å². The van der Waals surface area contributed by atoms with E-state index < -0.39 is 0 Å². The van der Waals surface area contributed by atoms with Crippen molar-refractivity contribution in [3.05, 3.63) is 76.9 Å². The Morgan fingerprint density at radius 2 is 1.81 bits per heavy atom. The van der Waals surface area contributed by atoms with Gasteiger partial charge < -0.3 is 15.4 Å². The predicted molar refractivity (Wildman–Crippen MR) is 108 cm³/mol. The average Bonchev–Trinajstić information content (AvgIpc) is 2.61. The van der Waals surface area contributed by atoms with E-state index in [2.05, 4.69) is 39.7 Å². The van der Waals surface area contributed by atoms with E-state index in [1.165, 1.54) is 5.56 Å². The number of nitrogens with one attached hydrogen (secondary N) is 2. The van der Waals surface area contributed by atoms with E-state index in [0.29, 0.717) is 23.3 Å². The van der Waals surface area contributed by atoms with Gasteiger partial charge in [0, 0.05) is 12.6 Å². The molecule has 0 aliphatic rings. The van der Waals surface area contributed by atoms with Crippen LogP contribution in [0.1, 0.15) is 11.1 Å². The third kappa shape index (κ3) is 5.40. The number of hydrogen-bond acceptors (Lipinski definition) is 4. The second-order valence-corrected chi connectivity index (χ2v) is 6.36. The molecule has 0 fully saturated rings. The van der Waals surface area contributed by atoms with Crippen LogP contribution >= 0.6 is 23.8 Å². The third-order valence-corrected chi connectivity index (χ3v) is 3.88.